The topological polar surface area (TPSA) is 75.1 Å². The van der Waals surface area contributed by atoms with Crippen LogP contribution >= 0.6 is 11.8 Å². The molecule has 0 aromatic carbocycles. The molecular weight excluding hydrogens is 250 g/mol. The van der Waals surface area contributed by atoms with Crippen LogP contribution in [-0.4, -0.2) is 45.4 Å². The standard InChI is InChI=1S/C12H19N3O2S/c1-8-5-10(9(2)15-14-8)11(16)13-6-12(3,17)7-18-4/h5,17H,6-7H2,1-4H3,(H,13,16). The van der Waals surface area contributed by atoms with Crippen molar-refractivity contribution in [1.82, 2.24) is 15.5 Å². The molecule has 100 valence electrons. The van der Waals surface area contributed by atoms with Crippen molar-refractivity contribution in [2.45, 2.75) is 26.4 Å². The van der Waals surface area contributed by atoms with E-state index in [0.29, 0.717) is 22.7 Å². The van der Waals surface area contributed by atoms with Crippen LogP contribution in [0.15, 0.2) is 6.07 Å². The summed E-state index contributed by atoms with van der Waals surface area (Å²) in [6.45, 7) is 5.44. The Morgan fingerprint density at radius 1 is 1.50 bits per heavy atom. The van der Waals surface area contributed by atoms with Crippen molar-refractivity contribution < 1.29 is 9.90 Å². The molecule has 18 heavy (non-hydrogen) atoms. The molecule has 1 unspecified atom stereocenters. The molecule has 1 aromatic heterocycles. The zero-order valence-electron chi connectivity index (χ0n) is 11.1. The van der Waals surface area contributed by atoms with Gasteiger partial charge in [-0.3, -0.25) is 4.79 Å². The first-order valence-corrected chi connectivity index (χ1v) is 7.05. The number of carbonyl (C=O) groups is 1. The molecule has 0 bridgehead atoms. The van der Waals surface area contributed by atoms with Gasteiger partial charge >= 0.3 is 0 Å². The van der Waals surface area contributed by atoms with E-state index in [0.717, 1.165) is 0 Å². The molecule has 2 N–H and O–H groups in total. The minimum absolute atomic E-state index is 0.216. The van der Waals surface area contributed by atoms with Gasteiger partial charge in [-0.1, -0.05) is 0 Å². The van der Waals surface area contributed by atoms with E-state index in [9.17, 15) is 9.90 Å². The van der Waals surface area contributed by atoms with E-state index in [1.54, 1.807) is 26.8 Å². The lowest BCUT2D eigenvalue weighted by Gasteiger charge is -2.22. The Labute approximate surface area is 111 Å². The van der Waals surface area contributed by atoms with Gasteiger partial charge in [-0.25, -0.2) is 0 Å². The molecule has 5 nitrogen and oxygen atoms in total. The highest BCUT2D eigenvalue weighted by Gasteiger charge is 2.21. The zero-order chi connectivity index (χ0) is 13.8. The SMILES string of the molecule is CSCC(C)(O)CNC(=O)c1cc(C)nnc1C. The predicted molar refractivity (Wildman–Crippen MR) is 72.8 cm³/mol. The molecule has 0 saturated carbocycles. The lowest BCUT2D eigenvalue weighted by molar-refractivity contribution is 0.0724. The minimum atomic E-state index is -0.904. The second kappa shape index (κ2) is 6.15. The molecule has 1 atom stereocenters. The lowest BCUT2D eigenvalue weighted by atomic mass is 10.1. The third-order valence-corrected chi connectivity index (χ3v) is 3.34. The van der Waals surface area contributed by atoms with E-state index in [4.69, 9.17) is 0 Å². The molecule has 0 aliphatic heterocycles. The summed E-state index contributed by atoms with van der Waals surface area (Å²) in [5, 5.41) is 20.5. The molecule has 0 aliphatic carbocycles. The number of nitrogens with zero attached hydrogens (tertiary/aromatic N) is 2. The monoisotopic (exact) mass is 269 g/mol. The average Bonchev–Trinajstić information content (AvgIpc) is 2.29. The van der Waals surface area contributed by atoms with Crippen molar-refractivity contribution in [3.63, 3.8) is 0 Å². The van der Waals surface area contributed by atoms with Crippen LogP contribution in [0.3, 0.4) is 0 Å². The van der Waals surface area contributed by atoms with Crippen LogP contribution in [0.25, 0.3) is 0 Å². The number of aromatic nitrogens is 2. The van der Waals surface area contributed by atoms with E-state index in [1.165, 1.54) is 11.8 Å². The first-order valence-electron chi connectivity index (χ1n) is 5.66. The van der Waals surface area contributed by atoms with E-state index < -0.39 is 5.60 Å². The van der Waals surface area contributed by atoms with Gasteiger partial charge in [0.15, 0.2) is 0 Å². The van der Waals surface area contributed by atoms with Gasteiger partial charge < -0.3 is 10.4 Å². The van der Waals surface area contributed by atoms with Crippen molar-refractivity contribution >= 4 is 17.7 Å². The van der Waals surface area contributed by atoms with Crippen molar-refractivity contribution in [1.29, 1.82) is 0 Å². The summed E-state index contributed by atoms with van der Waals surface area (Å²) in [6.07, 6.45) is 1.91. The molecule has 0 saturated heterocycles. The van der Waals surface area contributed by atoms with Crippen LogP contribution in [0, 0.1) is 13.8 Å². The fraction of sp³-hybridized carbons (Fsp3) is 0.583. The summed E-state index contributed by atoms with van der Waals surface area (Å²) in [5.41, 5.74) is 0.880. The normalized spacial score (nSPS) is 14.1. The molecule has 1 rings (SSSR count). The van der Waals surface area contributed by atoms with E-state index >= 15 is 0 Å². The molecule has 1 amide bonds. The van der Waals surface area contributed by atoms with E-state index in [2.05, 4.69) is 15.5 Å². The second-order valence-electron chi connectivity index (χ2n) is 4.60. The average molecular weight is 269 g/mol. The summed E-state index contributed by atoms with van der Waals surface area (Å²) < 4.78 is 0. The highest BCUT2D eigenvalue weighted by atomic mass is 32.2. The summed E-state index contributed by atoms with van der Waals surface area (Å²) in [6, 6.07) is 1.70. The quantitative estimate of drug-likeness (QED) is 0.832. The van der Waals surface area contributed by atoms with Gasteiger partial charge in [-0.05, 0) is 33.1 Å². The van der Waals surface area contributed by atoms with Crippen LogP contribution in [0.5, 0.6) is 0 Å². The summed E-state index contributed by atoms with van der Waals surface area (Å²) in [4.78, 5) is 12.0. The van der Waals surface area contributed by atoms with Gasteiger partial charge in [0.05, 0.1) is 22.6 Å². The summed E-state index contributed by atoms with van der Waals surface area (Å²) in [7, 11) is 0. The maximum Gasteiger partial charge on any atom is 0.253 e. The van der Waals surface area contributed by atoms with Crippen LogP contribution < -0.4 is 5.32 Å². The number of amides is 1. The van der Waals surface area contributed by atoms with Gasteiger partial charge in [0.2, 0.25) is 0 Å². The summed E-state index contributed by atoms with van der Waals surface area (Å²) in [5.74, 6) is 0.340. The second-order valence-corrected chi connectivity index (χ2v) is 5.46. The van der Waals surface area contributed by atoms with Gasteiger partial charge in [0.25, 0.3) is 5.91 Å². The van der Waals surface area contributed by atoms with Gasteiger partial charge in [0.1, 0.15) is 0 Å². The lowest BCUT2D eigenvalue weighted by Crippen LogP contribution is -2.42. The van der Waals surface area contributed by atoms with Crippen molar-refractivity contribution in [3.05, 3.63) is 23.0 Å². The van der Waals surface area contributed by atoms with Gasteiger partial charge in [-0.2, -0.15) is 22.0 Å². The van der Waals surface area contributed by atoms with E-state index in [1.807, 2.05) is 6.26 Å². The van der Waals surface area contributed by atoms with Crippen molar-refractivity contribution in [2.75, 3.05) is 18.6 Å². The van der Waals surface area contributed by atoms with Crippen molar-refractivity contribution in [2.24, 2.45) is 0 Å². The van der Waals surface area contributed by atoms with Crippen LogP contribution in [0.1, 0.15) is 28.7 Å². The van der Waals surface area contributed by atoms with Crippen LogP contribution in [-0.2, 0) is 0 Å². The fourth-order valence-electron chi connectivity index (χ4n) is 1.51. The van der Waals surface area contributed by atoms with Crippen molar-refractivity contribution in [3.8, 4) is 0 Å². The Balaban J connectivity index is 2.69. The first kappa shape index (κ1) is 14.9. The largest absolute Gasteiger partial charge is 0.387 e. The Hall–Kier alpha value is -1.14. The smallest absolute Gasteiger partial charge is 0.253 e. The van der Waals surface area contributed by atoms with Crippen LogP contribution in [0.2, 0.25) is 0 Å². The van der Waals surface area contributed by atoms with Gasteiger partial charge in [0, 0.05) is 12.3 Å². The molecular formula is C12H19N3O2S. The van der Waals surface area contributed by atoms with Gasteiger partial charge in [-0.15, -0.1) is 0 Å². The number of hydrogen-bond acceptors (Lipinski definition) is 5. The number of aliphatic hydroxyl groups is 1. The number of nitrogens with one attached hydrogen (secondary N) is 1. The molecule has 6 heteroatoms. The number of hydrogen-bond donors (Lipinski definition) is 2. The highest BCUT2D eigenvalue weighted by Crippen LogP contribution is 2.10. The Morgan fingerprint density at radius 3 is 2.78 bits per heavy atom. The third kappa shape index (κ3) is 4.27. The molecule has 0 fully saturated rings. The Kier molecular flexibility index (Phi) is 5.10. The first-order chi connectivity index (χ1) is 8.35. The maximum absolute atomic E-state index is 12.0. The van der Waals surface area contributed by atoms with Crippen LogP contribution in [0.4, 0.5) is 0 Å². The summed E-state index contributed by atoms with van der Waals surface area (Å²) >= 11 is 1.54. The van der Waals surface area contributed by atoms with E-state index in [-0.39, 0.29) is 12.5 Å². The number of rotatable bonds is 5. The number of aryl methyl sites for hydroxylation is 2. The third-order valence-electron chi connectivity index (χ3n) is 2.43. The fourth-order valence-corrected chi connectivity index (χ4v) is 2.23. The highest BCUT2D eigenvalue weighted by molar-refractivity contribution is 7.98. The molecule has 0 spiro atoms. The Bertz CT molecular complexity index is 435. The molecule has 1 aromatic rings. The predicted octanol–water partition coefficient (Wildman–Crippen LogP) is 0.937. The number of thioether (sulfide) groups is 1. The molecule has 1 heterocycles. The Morgan fingerprint density at radius 2 is 2.17 bits per heavy atom. The maximum atomic E-state index is 12.0. The zero-order valence-corrected chi connectivity index (χ0v) is 12.0. The number of carbonyl (C=O) groups excluding carboxylic acids is 1. The molecule has 0 radical (unpaired) electrons. The molecule has 0 aliphatic rings. The minimum Gasteiger partial charge on any atom is -0.387 e.